The smallest absolute Gasteiger partial charge is 0.321 e. The van der Waals surface area contributed by atoms with Gasteiger partial charge in [-0.2, -0.15) is 0 Å². The molecule has 9 heteroatoms. The number of thiophene rings is 1. The monoisotopic (exact) mass is 279 g/mol. The maximum absolute atomic E-state index is 11.7. The molecule has 0 unspecified atom stereocenters. The summed E-state index contributed by atoms with van der Waals surface area (Å²) in [6, 6.07) is 1.09. The number of sulfone groups is 1. The molecule has 0 spiro atoms. The Bertz CT molecular complexity index is 532. The van der Waals surface area contributed by atoms with Crippen molar-refractivity contribution in [1.29, 1.82) is 0 Å². The van der Waals surface area contributed by atoms with Crippen LogP contribution in [0.25, 0.3) is 0 Å². The minimum absolute atomic E-state index is 0.0564. The van der Waals surface area contributed by atoms with Crippen LogP contribution in [0.2, 0.25) is 0 Å². The lowest BCUT2D eigenvalue weighted by Crippen LogP contribution is -2.18. The minimum Gasteiger partial charge on any atom is -0.465 e. The van der Waals surface area contributed by atoms with E-state index in [1.54, 1.807) is 0 Å². The summed E-state index contributed by atoms with van der Waals surface area (Å²) < 4.78 is 27.5. The molecule has 1 heterocycles. The molecule has 0 aliphatic heterocycles. The Morgan fingerprint density at radius 3 is 2.76 bits per heavy atom. The van der Waals surface area contributed by atoms with Crippen LogP contribution in [-0.2, 0) is 19.4 Å². The van der Waals surface area contributed by atoms with Gasteiger partial charge >= 0.3 is 5.97 Å². The third kappa shape index (κ3) is 3.24. The second kappa shape index (κ2) is 5.23. The van der Waals surface area contributed by atoms with Gasteiger partial charge in [0.1, 0.15) is 0 Å². The Kier molecular flexibility index (Phi) is 4.18. The van der Waals surface area contributed by atoms with E-state index in [4.69, 9.17) is 0 Å². The summed E-state index contributed by atoms with van der Waals surface area (Å²) in [5.41, 5.74) is -0.515. The van der Waals surface area contributed by atoms with Crippen LogP contribution in [0.15, 0.2) is 15.7 Å². The van der Waals surface area contributed by atoms with Gasteiger partial charge in [-0.3, -0.25) is 14.9 Å². The third-order valence-corrected chi connectivity index (χ3v) is 4.84. The molecule has 0 atom stereocenters. The van der Waals surface area contributed by atoms with Crippen LogP contribution in [0.4, 0.5) is 5.69 Å². The van der Waals surface area contributed by atoms with Gasteiger partial charge in [0.2, 0.25) is 9.84 Å². The maximum Gasteiger partial charge on any atom is 0.321 e. The van der Waals surface area contributed by atoms with Gasteiger partial charge in [0, 0.05) is 6.07 Å². The molecule has 0 bridgehead atoms. The normalized spacial score (nSPS) is 11.1. The van der Waals surface area contributed by atoms with E-state index in [0.29, 0.717) is 11.3 Å². The first-order chi connectivity index (χ1) is 7.88. The fourth-order valence-corrected chi connectivity index (χ4v) is 3.58. The highest BCUT2D eigenvalue weighted by molar-refractivity contribution is 7.94. The summed E-state index contributed by atoms with van der Waals surface area (Å²) in [6.07, 6.45) is 0. The number of esters is 1. The second-order valence-corrected chi connectivity index (χ2v) is 6.02. The van der Waals surface area contributed by atoms with Crippen LogP contribution in [0.5, 0.6) is 0 Å². The molecule has 0 saturated carbocycles. The van der Waals surface area contributed by atoms with E-state index in [1.807, 2.05) is 0 Å². The Labute approximate surface area is 101 Å². The minimum atomic E-state index is -4.01. The fourth-order valence-electron chi connectivity index (χ4n) is 1.08. The van der Waals surface area contributed by atoms with E-state index in [2.05, 4.69) is 4.74 Å². The molecule has 0 aliphatic carbocycles. The van der Waals surface area contributed by atoms with E-state index in [1.165, 1.54) is 12.3 Å². The van der Waals surface area contributed by atoms with Crippen LogP contribution in [0, 0.1) is 10.1 Å². The molecule has 0 aliphatic rings. The summed E-state index contributed by atoms with van der Waals surface area (Å²) in [5, 5.41) is 11.9. The molecule has 94 valence electrons. The lowest BCUT2D eigenvalue weighted by Gasteiger charge is -2.01. The third-order valence-electron chi connectivity index (χ3n) is 1.70. The first-order valence-electron chi connectivity index (χ1n) is 4.48. The van der Waals surface area contributed by atoms with Gasteiger partial charge in [0.15, 0.2) is 9.96 Å². The molecule has 1 aromatic heterocycles. The Morgan fingerprint density at radius 1 is 1.59 bits per heavy atom. The van der Waals surface area contributed by atoms with Crippen molar-refractivity contribution in [3.05, 3.63) is 21.6 Å². The number of nitrogens with zero attached hydrogens (tertiary/aromatic N) is 1. The van der Waals surface area contributed by atoms with E-state index in [-0.39, 0.29) is 6.61 Å². The first-order valence-corrected chi connectivity index (χ1v) is 7.02. The predicted octanol–water partition coefficient (Wildman–Crippen LogP) is 0.993. The van der Waals surface area contributed by atoms with Gasteiger partial charge in [0.05, 0.1) is 11.5 Å². The number of carbonyl (C=O) groups excluding carboxylic acids is 1. The maximum atomic E-state index is 11.7. The average Bonchev–Trinajstić information content (AvgIpc) is 2.65. The Morgan fingerprint density at radius 2 is 2.24 bits per heavy atom. The van der Waals surface area contributed by atoms with E-state index in [0.717, 1.165) is 6.07 Å². The molecule has 0 aromatic carbocycles. The van der Waals surface area contributed by atoms with Crippen molar-refractivity contribution in [3.8, 4) is 0 Å². The van der Waals surface area contributed by atoms with E-state index in [9.17, 15) is 23.3 Å². The summed E-state index contributed by atoms with van der Waals surface area (Å²) in [6.45, 7) is 1.60. The fraction of sp³-hybridized carbons (Fsp3) is 0.375. The quantitative estimate of drug-likeness (QED) is 0.452. The zero-order valence-corrected chi connectivity index (χ0v) is 10.4. The van der Waals surface area contributed by atoms with Crippen molar-refractivity contribution in [3.63, 3.8) is 0 Å². The van der Waals surface area contributed by atoms with Crippen LogP contribution in [0.1, 0.15) is 6.92 Å². The molecule has 1 aromatic rings. The van der Waals surface area contributed by atoms with Gasteiger partial charge < -0.3 is 4.74 Å². The second-order valence-electron chi connectivity index (χ2n) is 2.91. The zero-order chi connectivity index (χ0) is 13.1. The van der Waals surface area contributed by atoms with Crippen molar-refractivity contribution in [2.75, 3.05) is 12.4 Å². The van der Waals surface area contributed by atoms with Crippen molar-refractivity contribution in [2.45, 2.75) is 11.1 Å². The first kappa shape index (κ1) is 13.6. The summed E-state index contributed by atoms with van der Waals surface area (Å²) in [7, 11) is -4.01. The molecule has 7 nitrogen and oxygen atoms in total. The van der Waals surface area contributed by atoms with Crippen LogP contribution in [-0.4, -0.2) is 31.7 Å². The summed E-state index contributed by atoms with van der Waals surface area (Å²) in [5.74, 6) is -1.81. The molecule has 0 amide bonds. The SMILES string of the molecule is CCOC(=O)CS(=O)(=O)c1sccc1[N+](=O)[O-]. The Hall–Kier alpha value is -1.48. The highest BCUT2D eigenvalue weighted by Crippen LogP contribution is 2.30. The zero-order valence-electron chi connectivity index (χ0n) is 8.78. The predicted molar refractivity (Wildman–Crippen MR) is 59.7 cm³/mol. The van der Waals surface area contributed by atoms with Gasteiger partial charge in [-0.15, -0.1) is 11.3 Å². The molecule has 0 saturated heterocycles. The van der Waals surface area contributed by atoms with Gasteiger partial charge in [-0.05, 0) is 12.3 Å². The van der Waals surface area contributed by atoms with Crippen molar-refractivity contribution < 1.29 is 22.9 Å². The van der Waals surface area contributed by atoms with Crippen LogP contribution < -0.4 is 0 Å². The van der Waals surface area contributed by atoms with Crippen LogP contribution >= 0.6 is 11.3 Å². The molecule has 1 rings (SSSR count). The van der Waals surface area contributed by atoms with Gasteiger partial charge in [-0.25, -0.2) is 8.42 Å². The summed E-state index contributed by atoms with van der Waals surface area (Å²) in [4.78, 5) is 20.8. The number of carbonyl (C=O) groups is 1. The molecular weight excluding hydrogens is 270 g/mol. The molecular formula is C8H9NO6S2. The Balaban J connectivity index is 3.02. The van der Waals surface area contributed by atoms with E-state index >= 15 is 0 Å². The molecule has 0 N–H and O–H groups in total. The van der Waals surface area contributed by atoms with Crippen molar-refractivity contribution in [1.82, 2.24) is 0 Å². The number of hydrogen-bond donors (Lipinski definition) is 0. The standard InChI is InChI=1S/C8H9NO6S2/c1-2-15-7(10)5-17(13,14)8-6(9(11)12)3-4-16-8/h3-4H,2,5H2,1H3. The highest BCUT2D eigenvalue weighted by atomic mass is 32.2. The molecule has 17 heavy (non-hydrogen) atoms. The van der Waals surface area contributed by atoms with E-state index < -0.39 is 36.4 Å². The lowest BCUT2D eigenvalue weighted by molar-refractivity contribution is -0.387. The van der Waals surface area contributed by atoms with Crippen molar-refractivity contribution >= 4 is 32.8 Å². The molecule has 0 fully saturated rings. The summed E-state index contributed by atoms with van der Waals surface area (Å²) >= 11 is 0.707. The number of rotatable bonds is 5. The lowest BCUT2D eigenvalue weighted by atomic mass is 10.6. The topological polar surface area (TPSA) is 104 Å². The largest absolute Gasteiger partial charge is 0.465 e. The number of ether oxygens (including phenoxy) is 1. The van der Waals surface area contributed by atoms with Crippen molar-refractivity contribution in [2.24, 2.45) is 0 Å². The van der Waals surface area contributed by atoms with Gasteiger partial charge in [-0.1, -0.05) is 0 Å². The average molecular weight is 279 g/mol. The van der Waals surface area contributed by atoms with Crippen LogP contribution in [0.3, 0.4) is 0 Å². The number of hydrogen-bond acceptors (Lipinski definition) is 7. The number of nitro groups is 1. The molecule has 0 radical (unpaired) electrons. The van der Waals surface area contributed by atoms with Gasteiger partial charge in [0.25, 0.3) is 5.69 Å². The highest BCUT2D eigenvalue weighted by Gasteiger charge is 2.30.